The molecule has 3 nitrogen and oxygen atoms in total. The molecular formula is C17H32N2O. The molecule has 0 radical (unpaired) electrons. The number of aliphatic hydroxyl groups is 1. The number of fused-ring (bicyclic) bond motifs is 2. The van der Waals surface area contributed by atoms with Gasteiger partial charge < -0.3 is 15.7 Å². The highest BCUT2D eigenvalue weighted by Crippen LogP contribution is 2.61. The van der Waals surface area contributed by atoms with Crippen LogP contribution in [-0.2, 0) is 0 Å². The van der Waals surface area contributed by atoms with Gasteiger partial charge in [-0.15, -0.1) is 0 Å². The smallest absolute Gasteiger partial charge is 0.0731 e. The lowest BCUT2D eigenvalue weighted by molar-refractivity contribution is -0.118. The van der Waals surface area contributed by atoms with Crippen molar-refractivity contribution < 1.29 is 5.11 Å². The lowest BCUT2D eigenvalue weighted by Gasteiger charge is -2.50. The van der Waals surface area contributed by atoms with Crippen molar-refractivity contribution in [3.63, 3.8) is 0 Å². The highest BCUT2D eigenvalue weighted by Gasteiger charge is 2.60. The molecule has 3 aliphatic rings. The van der Waals surface area contributed by atoms with Gasteiger partial charge in [-0.25, -0.2) is 0 Å². The Bertz CT molecular complexity index is 359. The summed E-state index contributed by atoms with van der Waals surface area (Å²) in [6.45, 7) is 7.38. The molecule has 0 amide bonds. The van der Waals surface area contributed by atoms with Gasteiger partial charge in [0.15, 0.2) is 0 Å². The molecule has 2 aliphatic carbocycles. The average Bonchev–Trinajstić information content (AvgIpc) is 2.97. The van der Waals surface area contributed by atoms with E-state index in [1.807, 2.05) is 0 Å². The average molecular weight is 280 g/mol. The maximum absolute atomic E-state index is 11.5. The summed E-state index contributed by atoms with van der Waals surface area (Å²) in [5.74, 6) is 1.53. The predicted octanol–water partition coefficient (Wildman–Crippen LogP) is 2.38. The van der Waals surface area contributed by atoms with Crippen LogP contribution in [-0.4, -0.2) is 41.3 Å². The Hall–Kier alpha value is -0.120. The maximum Gasteiger partial charge on any atom is 0.0731 e. The van der Waals surface area contributed by atoms with Crippen molar-refractivity contribution in [2.75, 3.05) is 19.6 Å². The highest BCUT2D eigenvalue weighted by molar-refractivity contribution is 5.11. The first kappa shape index (κ1) is 14.8. The zero-order valence-corrected chi connectivity index (χ0v) is 13.3. The Morgan fingerprint density at radius 1 is 1.25 bits per heavy atom. The van der Waals surface area contributed by atoms with Crippen LogP contribution in [0, 0.1) is 17.3 Å². The van der Waals surface area contributed by atoms with E-state index >= 15 is 0 Å². The summed E-state index contributed by atoms with van der Waals surface area (Å²) in [5, 5.41) is 11.5. The molecule has 1 heterocycles. The topological polar surface area (TPSA) is 49.5 Å². The van der Waals surface area contributed by atoms with Crippen molar-refractivity contribution in [1.29, 1.82) is 0 Å². The number of nitrogens with zero attached hydrogens (tertiary/aromatic N) is 1. The van der Waals surface area contributed by atoms with Crippen LogP contribution in [0.4, 0.5) is 0 Å². The fourth-order valence-corrected chi connectivity index (χ4v) is 5.61. The van der Waals surface area contributed by atoms with Crippen molar-refractivity contribution in [3.8, 4) is 0 Å². The van der Waals surface area contributed by atoms with Gasteiger partial charge in [0.25, 0.3) is 0 Å². The minimum Gasteiger partial charge on any atom is -0.389 e. The third-order valence-electron chi connectivity index (χ3n) is 6.85. The molecule has 4 unspecified atom stereocenters. The molecule has 116 valence electrons. The summed E-state index contributed by atoms with van der Waals surface area (Å²) in [6, 6.07) is 0.589. The van der Waals surface area contributed by atoms with Crippen molar-refractivity contribution in [2.24, 2.45) is 23.0 Å². The van der Waals surface area contributed by atoms with Crippen LogP contribution < -0.4 is 5.73 Å². The van der Waals surface area contributed by atoms with E-state index in [-0.39, 0.29) is 5.41 Å². The summed E-state index contributed by atoms with van der Waals surface area (Å²) < 4.78 is 0. The summed E-state index contributed by atoms with van der Waals surface area (Å²) in [7, 11) is 0. The Labute approximate surface area is 123 Å². The van der Waals surface area contributed by atoms with E-state index in [4.69, 9.17) is 5.73 Å². The van der Waals surface area contributed by atoms with Gasteiger partial charge >= 0.3 is 0 Å². The van der Waals surface area contributed by atoms with E-state index < -0.39 is 5.60 Å². The lowest BCUT2D eigenvalue weighted by Crippen LogP contribution is -2.56. The minimum absolute atomic E-state index is 0.0307. The number of hydrogen-bond donors (Lipinski definition) is 2. The Balaban J connectivity index is 1.80. The first-order valence-electron chi connectivity index (χ1n) is 8.67. The van der Waals surface area contributed by atoms with Crippen LogP contribution in [0.5, 0.6) is 0 Å². The quantitative estimate of drug-likeness (QED) is 0.834. The molecule has 3 N–H and O–H groups in total. The zero-order chi connectivity index (χ0) is 14.4. The van der Waals surface area contributed by atoms with Crippen LogP contribution in [0.1, 0.15) is 58.8 Å². The molecule has 1 saturated heterocycles. The summed E-state index contributed by atoms with van der Waals surface area (Å²) in [4.78, 5) is 2.52. The second-order valence-electron chi connectivity index (χ2n) is 7.96. The van der Waals surface area contributed by atoms with Crippen LogP contribution >= 0.6 is 0 Å². The number of hydrogen-bond acceptors (Lipinski definition) is 3. The molecule has 20 heavy (non-hydrogen) atoms. The van der Waals surface area contributed by atoms with E-state index in [1.165, 1.54) is 25.7 Å². The molecule has 2 bridgehead atoms. The van der Waals surface area contributed by atoms with Gasteiger partial charge in [-0.2, -0.15) is 0 Å². The van der Waals surface area contributed by atoms with Crippen molar-refractivity contribution in [3.05, 3.63) is 0 Å². The van der Waals surface area contributed by atoms with E-state index in [9.17, 15) is 5.11 Å². The Morgan fingerprint density at radius 3 is 2.60 bits per heavy atom. The van der Waals surface area contributed by atoms with E-state index in [1.54, 1.807) is 0 Å². The molecule has 0 spiro atoms. The molecule has 1 aliphatic heterocycles. The van der Waals surface area contributed by atoms with Crippen molar-refractivity contribution >= 4 is 0 Å². The van der Waals surface area contributed by atoms with Gasteiger partial charge in [0.2, 0.25) is 0 Å². The normalized spacial score (nSPS) is 46.0. The third-order valence-corrected chi connectivity index (χ3v) is 6.85. The van der Waals surface area contributed by atoms with Crippen LogP contribution in [0.3, 0.4) is 0 Å². The van der Waals surface area contributed by atoms with E-state index in [0.29, 0.717) is 18.5 Å². The van der Waals surface area contributed by atoms with Crippen LogP contribution in [0.2, 0.25) is 0 Å². The van der Waals surface area contributed by atoms with E-state index in [0.717, 1.165) is 38.3 Å². The molecule has 0 aromatic heterocycles. The predicted molar refractivity (Wildman–Crippen MR) is 82.4 cm³/mol. The van der Waals surface area contributed by atoms with Crippen molar-refractivity contribution in [1.82, 2.24) is 4.90 Å². The number of rotatable bonds is 3. The zero-order valence-electron chi connectivity index (χ0n) is 13.3. The van der Waals surface area contributed by atoms with Gasteiger partial charge in [0.05, 0.1) is 5.60 Å². The Kier molecular flexibility index (Phi) is 3.89. The molecule has 3 heteroatoms. The highest BCUT2D eigenvalue weighted by atomic mass is 16.3. The fraction of sp³-hybridized carbons (Fsp3) is 1.00. The molecule has 4 atom stereocenters. The summed E-state index contributed by atoms with van der Waals surface area (Å²) in [5.41, 5.74) is 5.77. The SMILES string of the molecule is CC(C)N1CCCC(O)(C2(CN)CC3CCC2C3)CC1. The molecule has 2 saturated carbocycles. The third kappa shape index (κ3) is 2.13. The summed E-state index contributed by atoms with van der Waals surface area (Å²) >= 11 is 0. The molecule has 3 rings (SSSR count). The van der Waals surface area contributed by atoms with Crippen LogP contribution in [0.15, 0.2) is 0 Å². The van der Waals surface area contributed by atoms with Gasteiger partial charge in [-0.1, -0.05) is 6.42 Å². The largest absolute Gasteiger partial charge is 0.389 e. The van der Waals surface area contributed by atoms with Gasteiger partial charge in [-0.05, 0) is 70.8 Å². The molecule has 3 fully saturated rings. The molecule has 0 aromatic carbocycles. The van der Waals surface area contributed by atoms with Gasteiger partial charge in [-0.3, -0.25) is 0 Å². The van der Waals surface area contributed by atoms with E-state index in [2.05, 4.69) is 18.7 Å². The number of likely N-dealkylation sites (tertiary alicyclic amines) is 1. The second-order valence-corrected chi connectivity index (χ2v) is 7.96. The second kappa shape index (κ2) is 5.26. The van der Waals surface area contributed by atoms with Crippen molar-refractivity contribution in [2.45, 2.75) is 70.4 Å². The minimum atomic E-state index is -0.509. The first-order valence-corrected chi connectivity index (χ1v) is 8.67. The standard InChI is InChI=1S/C17H32N2O/c1-13(2)19-8-3-6-17(20,7-9-19)16(12-18)11-14-4-5-15(16)10-14/h13-15,20H,3-12,18H2,1-2H3. The van der Waals surface area contributed by atoms with Gasteiger partial charge in [0, 0.05) is 24.5 Å². The first-order chi connectivity index (χ1) is 9.51. The fourth-order valence-electron chi connectivity index (χ4n) is 5.61. The molecular weight excluding hydrogens is 248 g/mol. The molecule has 0 aromatic rings. The van der Waals surface area contributed by atoms with Gasteiger partial charge in [0.1, 0.15) is 0 Å². The monoisotopic (exact) mass is 280 g/mol. The lowest BCUT2D eigenvalue weighted by atomic mass is 9.60. The van der Waals surface area contributed by atoms with Crippen LogP contribution in [0.25, 0.3) is 0 Å². The number of nitrogens with two attached hydrogens (primary N) is 1. The maximum atomic E-state index is 11.5. The Morgan fingerprint density at radius 2 is 2.05 bits per heavy atom. The summed E-state index contributed by atoms with van der Waals surface area (Å²) in [6.07, 6.45) is 8.19.